The second-order valence-corrected chi connectivity index (χ2v) is 8.91. The molecular weight excluding hydrogens is 452 g/mol. The van der Waals surface area contributed by atoms with Gasteiger partial charge in [0.15, 0.2) is 0 Å². The zero-order valence-electron chi connectivity index (χ0n) is 18.8. The third-order valence-electron chi connectivity index (χ3n) is 5.19. The van der Waals surface area contributed by atoms with E-state index >= 15 is 0 Å². The second kappa shape index (κ2) is 9.84. The third kappa shape index (κ3) is 4.96. The minimum absolute atomic E-state index is 0.135. The maximum Gasteiger partial charge on any atom is 0.293 e. The van der Waals surface area contributed by atoms with Gasteiger partial charge in [-0.1, -0.05) is 65.9 Å². The van der Waals surface area contributed by atoms with Crippen molar-refractivity contribution in [1.82, 2.24) is 20.2 Å². The van der Waals surface area contributed by atoms with Crippen LogP contribution in [0.4, 0.5) is 11.4 Å². The van der Waals surface area contributed by atoms with Crippen LogP contribution in [0.25, 0.3) is 5.69 Å². The Labute approximate surface area is 200 Å². The molecule has 1 atom stereocenters. The van der Waals surface area contributed by atoms with Crippen LogP contribution >= 0.6 is 11.8 Å². The molecule has 0 spiro atoms. The van der Waals surface area contributed by atoms with Gasteiger partial charge in [-0.2, -0.15) is 4.68 Å². The standard InChI is InChI=1S/C24H22N6O3S/c1-15-10-12-20(17(3)13-15)29-24(26-27-28-29)34-22(18-7-5-4-6-8-18)23(31)25-19-11-9-16(2)14-21(19)30(32)33/h4-14,22H,1-3H3,(H,25,31)/t22-/m1/s1. The van der Waals surface area contributed by atoms with Crippen LogP contribution in [0.3, 0.4) is 0 Å². The number of rotatable bonds is 7. The van der Waals surface area contributed by atoms with Gasteiger partial charge in [-0.15, -0.1) is 5.10 Å². The van der Waals surface area contributed by atoms with Crippen LogP contribution in [0.15, 0.2) is 71.9 Å². The molecular formula is C24H22N6O3S. The first-order valence-corrected chi connectivity index (χ1v) is 11.3. The summed E-state index contributed by atoms with van der Waals surface area (Å²) in [4.78, 5) is 24.4. The van der Waals surface area contributed by atoms with Gasteiger partial charge in [-0.3, -0.25) is 14.9 Å². The predicted molar refractivity (Wildman–Crippen MR) is 130 cm³/mol. The molecule has 1 N–H and O–H groups in total. The minimum atomic E-state index is -0.752. The Hall–Kier alpha value is -4.05. The Balaban J connectivity index is 1.69. The summed E-state index contributed by atoms with van der Waals surface area (Å²) in [5.74, 6) is -0.418. The van der Waals surface area contributed by atoms with Gasteiger partial charge >= 0.3 is 0 Å². The zero-order valence-corrected chi connectivity index (χ0v) is 19.6. The van der Waals surface area contributed by atoms with Crippen molar-refractivity contribution in [2.45, 2.75) is 31.2 Å². The number of nitro benzene ring substituents is 1. The Morgan fingerprint density at radius 3 is 2.44 bits per heavy atom. The number of carbonyl (C=O) groups is 1. The molecule has 0 unspecified atom stereocenters. The van der Waals surface area contributed by atoms with Crippen LogP contribution in [-0.4, -0.2) is 31.0 Å². The van der Waals surface area contributed by atoms with Crippen molar-refractivity contribution in [3.8, 4) is 5.69 Å². The largest absolute Gasteiger partial charge is 0.319 e. The topological polar surface area (TPSA) is 116 Å². The summed E-state index contributed by atoms with van der Waals surface area (Å²) in [6, 6.07) is 19.8. The Morgan fingerprint density at radius 2 is 1.74 bits per heavy atom. The molecule has 3 aromatic carbocycles. The molecule has 0 aliphatic heterocycles. The minimum Gasteiger partial charge on any atom is -0.319 e. The highest BCUT2D eigenvalue weighted by atomic mass is 32.2. The summed E-state index contributed by atoms with van der Waals surface area (Å²) in [5, 5.41) is 26.0. The van der Waals surface area contributed by atoms with E-state index in [1.807, 2.05) is 62.4 Å². The van der Waals surface area contributed by atoms with Crippen molar-refractivity contribution in [3.05, 3.63) is 99.1 Å². The lowest BCUT2D eigenvalue weighted by Gasteiger charge is -2.17. The van der Waals surface area contributed by atoms with Crippen LogP contribution in [0.2, 0.25) is 0 Å². The predicted octanol–water partition coefficient (Wildman–Crippen LogP) is 4.97. The van der Waals surface area contributed by atoms with Crippen molar-refractivity contribution < 1.29 is 9.72 Å². The number of nitrogens with zero attached hydrogens (tertiary/aromatic N) is 5. The molecule has 0 radical (unpaired) electrons. The first-order chi connectivity index (χ1) is 16.3. The molecule has 0 saturated heterocycles. The lowest BCUT2D eigenvalue weighted by Crippen LogP contribution is -2.20. The van der Waals surface area contributed by atoms with E-state index < -0.39 is 16.1 Å². The maximum absolute atomic E-state index is 13.4. The van der Waals surface area contributed by atoms with E-state index in [1.54, 1.807) is 17.7 Å². The van der Waals surface area contributed by atoms with Gasteiger partial charge in [0.2, 0.25) is 11.1 Å². The summed E-state index contributed by atoms with van der Waals surface area (Å²) in [7, 11) is 0. The van der Waals surface area contributed by atoms with E-state index in [0.717, 1.165) is 27.9 Å². The van der Waals surface area contributed by atoms with Gasteiger partial charge < -0.3 is 5.32 Å². The first kappa shape index (κ1) is 23.1. The van der Waals surface area contributed by atoms with Crippen molar-refractivity contribution in [3.63, 3.8) is 0 Å². The number of carbonyl (C=O) groups excluding carboxylic acids is 1. The van der Waals surface area contributed by atoms with Crippen LogP contribution in [-0.2, 0) is 4.79 Å². The fourth-order valence-corrected chi connectivity index (χ4v) is 4.54. The molecule has 1 amide bonds. The maximum atomic E-state index is 13.4. The fourth-order valence-electron chi connectivity index (χ4n) is 3.55. The van der Waals surface area contributed by atoms with Gasteiger partial charge in [-0.25, -0.2) is 0 Å². The second-order valence-electron chi connectivity index (χ2n) is 7.84. The highest BCUT2D eigenvalue weighted by molar-refractivity contribution is 8.00. The number of aromatic nitrogens is 4. The monoisotopic (exact) mass is 474 g/mol. The Morgan fingerprint density at radius 1 is 1.03 bits per heavy atom. The normalized spacial score (nSPS) is 11.7. The first-order valence-electron chi connectivity index (χ1n) is 10.5. The van der Waals surface area contributed by atoms with E-state index in [2.05, 4.69) is 20.8 Å². The molecule has 0 bridgehead atoms. The number of nitro groups is 1. The van der Waals surface area contributed by atoms with E-state index in [-0.39, 0.29) is 11.4 Å². The van der Waals surface area contributed by atoms with Crippen molar-refractivity contribution >= 4 is 29.0 Å². The highest BCUT2D eigenvalue weighted by Crippen LogP contribution is 2.37. The fraction of sp³-hybridized carbons (Fsp3) is 0.167. The van der Waals surface area contributed by atoms with E-state index in [0.29, 0.717) is 5.16 Å². The number of nitrogens with one attached hydrogen (secondary N) is 1. The number of hydrogen-bond donors (Lipinski definition) is 1. The van der Waals surface area contributed by atoms with Crippen molar-refractivity contribution in [2.75, 3.05) is 5.32 Å². The van der Waals surface area contributed by atoms with Crippen LogP contribution in [0.1, 0.15) is 27.5 Å². The van der Waals surface area contributed by atoms with Crippen molar-refractivity contribution in [2.24, 2.45) is 0 Å². The van der Waals surface area contributed by atoms with Gasteiger partial charge in [0.25, 0.3) is 5.69 Å². The SMILES string of the molecule is Cc1ccc(-n2nnnc2S[C@@H](C(=O)Nc2ccc(C)cc2[N+](=O)[O-])c2ccccc2)c(C)c1. The highest BCUT2D eigenvalue weighted by Gasteiger charge is 2.27. The number of anilines is 1. The van der Waals surface area contributed by atoms with Crippen LogP contribution < -0.4 is 5.32 Å². The molecule has 10 heteroatoms. The van der Waals surface area contributed by atoms with Crippen LogP contribution in [0.5, 0.6) is 0 Å². The van der Waals surface area contributed by atoms with E-state index in [9.17, 15) is 14.9 Å². The third-order valence-corrected chi connectivity index (χ3v) is 6.38. The molecule has 0 aliphatic carbocycles. The number of benzene rings is 3. The molecule has 0 aliphatic rings. The molecule has 4 aromatic rings. The molecule has 1 heterocycles. The Bertz CT molecular complexity index is 1360. The Kier molecular flexibility index (Phi) is 6.69. The van der Waals surface area contributed by atoms with Crippen molar-refractivity contribution in [1.29, 1.82) is 0 Å². The van der Waals surface area contributed by atoms with E-state index in [1.165, 1.54) is 23.9 Å². The lowest BCUT2D eigenvalue weighted by molar-refractivity contribution is -0.384. The van der Waals surface area contributed by atoms with Gasteiger partial charge in [-0.05, 0) is 60.0 Å². The van der Waals surface area contributed by atoms with Gasteiger partial charge in [0.05, 0.1) is 10.6 Å². The molecule has 1 aromatic heterocycles. The number of amides is 1. The molecule has 4 rings (SSSR count). The van der Waals surface area contributed by atoms with E-state index in [4.69, 9.17) is 0 Å². The quantitative estimate of drug-likeness (QED) is 0.228. The number of thioether (sulfide) groups is 1. The average Bonchev–Trinajstić information content (AvgIpc) is 3.27. The molecule has 172 valence electrons. The lowest BCUT2D eigenvalue weighted by atomic mass is 10.1. The van der Waals surface area contributed by atoms with Gasteiger partial charge in [0, 0.05) is 6.07 Å². The number of tetrazole rings is 1. The molecule has 0 fully saturated rings. The number of aryl methyl sites for hydroxylation is 3. The molecule has 9 nitrogen and oxygen atoms in total. The summed E-state index contributed by atoms with van der Waals surface area (Å²) in [5.41, 5.74) is 4.33. The average molecular weight is 475 g/mol. The summed E-state index contributed by atoms with van der Waals surface area (Å²) in [6.07, 6.45) is 0. The van der Waals surface area contributed by atoms with Gasteiger partial charge in [0.1, 0.15) is 10.9 Å². The molecule has 0 saturated carbocycles. The summed E-state index contributed by atoms with van der Waals surface area (Å²) < 4.78 is 1.59. The summed E-state index contributed by atoms with van der Waals surface area (Å²) >= 11 is 1.17. The van der Waals surface area contributed by atoms with Crippen LogP contribution in [0, 0.1) is 30.9 Å². The smallest absolute Gasteiger partial charge is 0.293 e. The summed E-state index contributed by atoms with van der Waals surface area (Å²) in [6.45, 7) is 5.73. The number of hydrogen-bond acceptors (Lipinski definition) is 7. The molecule has 34 heavy (non-hydrogen) atoms. The zero-order chi connectivity index (χ0) is 24.2.